The maximum Gasteiger partial charge on any atom is 0.373 e. The predicted molar refractivity (Wildman–Crippen MR) is 110 cm³/mol. The molecule has 3 rings (SSSR count). The van der Waals surface area contributed by atoms with Crippen molar-refractivity contribution in [3.8, 4) is 28.9 Å². The van der Waals surface area contributed by atoms with E-state index in [9.17, 15) is 10.1 Å². The van der Waals surface area contributed by atoms with Crippen molar-refractivity contribution in [2.45, 2.75) is 0 Å². The van der Waals surface area contributed by atoms with E-state index < -0.39 is 10.6 Å². The van der Waals surface area contributed by atoms with Crippen molar-refractivity contribution in [2.75, 3.05) is 26.6 Å². The number of hydrogen-bond donors (Lipinski definition) is 1. The highest BCUT2D eigenvalue weighted by Crippen LogP contribution is 2.40. The van der Waals surface area contributed by atoms with Gasteiger partial charge in [-0.2, -0.15) is 4.98 Å². The number of nitro groups is 1. The van der Waals surface area contributed by atoms with Crippen molar-refractivity contribution in [2.24, 2.45) is 0 Å². The fourth-order valence-corrected chi connectivity index (χ4v) is 2.77. The minimum absolute atomic E-state index is 0.0990. The zero-order valence-electron chi connectivity index (χ0n) is 16.2. The van der Waals surface area contributed by atoms with Crippen LogP contribution in [0.25, 0.3) is 0 Å². The molecule has 156 valence electrons. The molecule has 2 aromatic carbocycles. The standard InChI is InChI=1S/C19H17ClN4O6/c1-27-11-4-6-12(7-5-11)30-19-17(24(25)26)18(21-10-22-19)23-14-8-13(20)15(28-2)9-16(14)29-3/h4-10H,1-3H3,(H,21,22,23). The van der Waals surface area contributed by atoms with Gasteiger partial charge in [0.2, 0.25) is 5.82 Å². The van der Waals surface area contributed by atoms with E-state index in [0.717, 1.165) is 6.33 Å². The van der Waals surface area contributed by atoms with E-state index in [0.29, 0.717) is 28.7 Å². The smallest absolute Gasteiger partial charge is 0.373 e. The molecule has 10 nitrogen and oxygen atoms in total. The zero-order valence-corrected chi connectivity index (χ0v) is 17.0. The number of methoxy groups -OCH3 is 3. The summed E-state index contributed by atoms with van der Waals surface area (Å²) >= 11 is 6.17. The maximum atomic E-state index is 11.8. The first-order valence-corrected chi connectivity index (χ1v) is 8.84. The molecule has 30 heavy (non-hydrogen) atoms. The van der Waals surface area contributed by atoms with E-state index in [1.165, 1.54) is 27.4 Å². The van der Waals surface area contributed by atoms with Crippen molar-refractivity contribution in [3.63, 3.8) is 0 Å². The third-order valence-corrected chi connectivity index (χ3v) is 4.27. The van der Waals surface area contributed by atoms with Crippen LogP contribution in [0.5, 0.6) is 28.9 Å². The van der Waals surface area contributed by atoms with Crippen LogP contribution in [-0.4, -0.2) is 36.2 Å². The van der Waals surface area contributed by atoms with Crippen LogP contribution in [0.4, 0.5) is 17.2 Å². The Balaban J connectivity index is 1.99. The number of benzene rings is 2. The highest BCUT2D eigenvalue weighted by molar-refractivity contribution is 6.32. The molecule has 3 aromatic rings. The summed E-state index contributed by atoms with van der Waals surface area (Å²) < 4.78 is 21.1. The molecule has 0 bridgehead atoms. The predicted octanol–water partition coefficient (Wildman–Crippen LogP) is 4.60. The quantitative estimate of drug-likeness (QED) is 0.402. The molecule has 0 aliphatic heterocycles. The van der Waals surface area contributed by atoms with Crippen LogP contribution in [0, 0.1) is 10.1 Å². The van der Waals surface area contributed by atoms with E-state index >= 15 is 0 Å². The fraction of sp³-hybridized carbons (Fsp3) is 0.158. The Labute approximate surface area is 176 Å². The summed E-state index contributed by atoms with van der Waals surface area (Å²) in [6.07, 6.45) is 1.14. The minimum atomic E-state index is -0.640. The van der Waals surface area contributed by atoms with Crippen molar-refractivity contribution in [1.29, 1.82) is 0 Å². The van der Waals surface area contributed by atoms with Gasteiger partial charge in [-0.25, -0.2) is 4.98 Å². The van der Waals surface area contributed by atoms with Crippen LogP contribution in [0.2, 0.25) is 5.02 Å². The Bertz CT molecular complexity index is 1060. The maximum absolute atomic E-state index is 11.8. The molecule has 0 saturated heterocycles. The number of ether oxygens (including phenoxy) is 4. The van der Waals surface area contributed by atoms with Crippen LogP contribution in [-0.2, 0) is 0 Å². The molecule has 0 aliphatic carbocycles. The highest BCUT2D eigenvalue weighted by Gasteiger charge is 2.26. The van der Waals surface area contributed by atoms with Gasteiger partial charge in [0.05, 0.1) is 37.0 Å². The second kappa shape index (κ2) is 9.14. The van der Waals surface area contributed by atoms with Gasteiger partial charge < -0.3 is 24.3 Å². The summed E-state index contributed by atoms with van der Waals surface area (Å²) in [6, 6.07) is 9.58. The number of nitrogens with zero attached hydrogens (tertiary/aromatic N) is 3. The molecule has 1 aromatic heterocycles. The lowest BCUT2D eigenvalue weighted by atomic mass is 10.2. The third-order valence-electron chi connectivity index (χ3n) is 3.97. The molecule has 0 fully saturated rings. The number of anilines is 2. The molecule has 1 heterocycles. The number of halogens is 1. The molecule has 0 spiro atoms. The minimum Gasteiger partial charge on any atom is -0.497 e. The normalized spacial score (nSPS) is 10.3. The Hall–Kier alpha value is -3.79. The SMILES string of the molecule is COc1ccc(Oc2ncnc(Nc3cc(Cl)c(OC)cc3OC)c2[N+](=O)[O-])cc1. The lowest BCUT2D eigenvalue weighted by Crippen LogP contribution is -2.04. The lowest BCUT2D eigenvalue weighted by Gasteiger charge is -2.14. The van der Waals surface area contributed by atoms with Gasteiger partial charge in [0.1, 0.15) is 29.3 Å². The zero-order chi connectivity index (χ0) is 21.7. The van der Waals surface area contributed by atoms with E-state index in [2.05, 4.69) is 15.3 Å². The molecular formula is C19H17ClN4O6. The fourth-order valence-electron chi connectivity index (χ4n) is 2.53. The molecule has 0 radical (unpaired) electrons. The first-order valence-electron chi connectivity index (χ1n) is 8.46. The highest BCUT2D eigenvalue weighted by atomic mass is 35.5. The second-order valence-corrected chi connectivity index (χ2v) is 6.13. The van der Waals surface area contributed by atoms with Crippen molar-refractivity contribution < 1.29 is 23.9 Å². The van der Waals surface area contributed by atoms with Gasteiger partial charge >= 0.3 is 11.6 Å². The molecule has 0 aliphatic rings. The van der Waals surface area contributed by atoms with E-state index in [1.807, 2.05) is 0 Å². The Morgan fingerprint density at radius 1 is 0.967 bits per heavy atom. The van der Waals surface area contributed by atoms with Crippen molar-refractivity contribution in [3.05, 3.63) is 57.9 Å². The van der Waals surface area contributed by atoms with Gasteiger partial charge in [0.15, 0.2) is 0 Å². The lowest BCUT2D eigenvalue weighted by molar-refractivity contribution is -0.385. The number of hydrogen-bond acceptors (Lipinski definition) is 9. The molecule has 1 N–H and O–H groups in total. The van der Waals surface area contributed by atoms with Crippen LogP contribution in [0.3, 0.4) is 0 Å². The van der Waals surface area contributed by atoms with Gasteiger partial charge in [-0.15, -0.1) is 0 Å². The second-order valence-electron chi connectivity index (χ2n) is 5.72. The largest absolute Gasteiger partial charge is 0.497 e. The summed E-state index contributed by atoms with van der Waals surface area (Å²) in [5.41, 5.74) is -0.109. The molecule has 0 atom stereocenters. The van der Waals surface area contributed by atoms with Crippen molar-refractivity contribution >= 4 is 28.8 Å². The Morgan fingerprint density at radius 2 is 1.63 bits per heavy atom. The average Bonchev–Trinajstić information content (AvgIpc) is 2.74. The molecule has 0 amide bonds. The van der Waals surface area contributed by atoms with E-state index in [1.54, 1.807) is 30.3 Å². The first-order chi connectivity index (χ1) is 14.5. The van der Waals surface area contributed by atoms with Crippen LogP contribution >= 0.6 is 11.6 Å². The van der Waals surface area contributed by atoms with Crippen LogP contribution in [0.1, 0.15) is 0 Å². The van der Waals surface area contributed by atoms with Crippen LogP contribution < -0.4 is 24.3 Å². The van der Waals surface area contributed by atoms with E-state index in [-0.39, 0.29) is 16.7 Å². The molecule has 0 unspecified atom stereocenters. The monoisotopic (exact) mass is 432 g/mol. The van der Waals surface area contributed by atoms with Gasteiger partial charge in [0.25, 0.3) is 0 Å². The van der Waals surface area contributed by atoms with Crippen molar-refractivity contribution in [1.82, 2.24) is 9.97 Å². The number of aromatic nitrogens is 2. The van der Waals surface area contributed by atoms with E-state index in [4.69, 9.17) is 30.5 Å². The molecule has 11 heteroatoms. The summed E-state index contributed by atoms with van der Waals surface area (Å²) in [5, 5.41) is 14.9. The summed E-state index contributed by atoms with van der Waals surface area (Å²) in [4.78, 5) is 19.0. The Kier molecular flexibility index (Phi) is 6.38. The number of rotatable bonds is 8. The summed E-state index contributed by atoms with van der Waals surface area (Å²) in [6.45, 7) is 0. The van der Waals surface area contributed by atoms with Gasteiger partial charge in [-0.1, -0.05) is 11.6 Å². The molecule has 0 saturated carbocycles. The molecular weight excluding hydrogens is 416 g/mol. The van der Waals surface area contributed by atoms with Gasteiger partial charge in [-0.3, -0.25) is 10.1 Å². The van der Waals surface area contributed by atoms with Crippen LogP contribution in [0.15, 0.2) is 42.7 Å². The number of nitrogens with one attached hydrogen (secondary N) is 1. The average molecular weight is 433 g/mol. The summed E-state index contributed by atoms with van der Waals surface area (Å²) in [7, 11) is 4.44. The third kappa shape index (κ3) is 4.44. The topological polar surface area (TPSA) is 118 Å². The Morgan fingerprint density at radius 3 is 2.23 bits per heavy atom. The first kappa shape index (κ1) is 20.9. The van der Waals surface area contributed by atoms with Gasteiger partial charge in [-0.05, 0) is 30.3 Å². The summed E-state index contributed by atoms with van der Waals surface area (Å²) in [5.74, 6) is 1.36. The van der Waals surface area contributed by atoms with Gasteiger partial charge in [0, 0.05) is 6.07 Å².